The van der Waals surface area contributed by atoms with Crippen molar-refractivity contribution in [3.63, 3.8) is 0 Å². The molecule has 0 amide bonds. The van der Waals surface area contributed by atoms with Crippen LogP contribution in [0.5, 0.6) is 0 Å². The number of aromatic carboxylic acids is 1. The van der Waals surface area contributed by atoms with Gasteiger partial charge in [-0.2, -0.15) is 0 Å². The van der Waals surface area contributed by atoms with Crippen LogP contribution in [0.25, 0.3) is 0 Å². The number of carbonyl (C=O) groups is 1. The molecule has 4 nitrogen and oxygen atoms in total. The molecule has 19 heavy (non-hydrogen) atoms. The lowest BCUT2D eigenvalue weighted by molar-refractivity contribution is 0.0661. The first-order valence-electron chi connectivity index (χ1n) is 5.46. The molecule has 6 heteroatoms. The third-order valence-electron chi connectivity index (χ3n) is 2.39. The van der Waals surface area contributed by atoms with E-state index in [-0.39, 0.29) is 11.5 Å². The van der Waals surface area contributed by atoms with E-state index in [0.717, 1.165) is 5.56 Å². The van der Waals surface area contributed by atoms with E-state index in [9.17, 15) is 9.00 Å². The van der Waals surface area contributed by atoms with E-state index in [1.54, 1.807) is 18.2 Å². The van der Waals surface area contributed by atoms with Gasteiger partial charge in [-0.1, -0.05) is 23.7 Å². The van der Waals surface area contributed by atoms with Crippen LogP contribution in [-0.4, -0.2) is 15.3 Å². The van der Waals surface area contributed by atoms with Gasteiger partial charge in [0, 0.05) is 21.6 Å². The smallest absolute Gasteiger partial charge is 0.371 e. The Kier molecular flexibility index (Phi) is 4.39. The predicted octanol–water partition coefficient (Wildman–Crippen LogP) is 3.08. The SMILES string of the molecule is O=C(O)c1ccc(CS(=O)Cc2cccc(Cl)c2)o1. The minimum atomic E-state index is -1.18. The maximum Gasteiger partial charge on any atom is 0.371 e. The normalized spacial score (nSPS) is 12.3. The summed E-state index contributed by atoms with van der Waals surface area (Å²) in [5.74, 6) is -0.344. The van der Waals surface area contributed by atoms with Crippen LogP contribution >= 0.6 is 11.6 Å². The van der Waals surface area contributed by atoms with Gasteiger partial charge in [-0.3, -0.25) is 4.21 Å². The first-order chi connectivity index (χ1) is 9.04. The molecule has 100 valence electrons. The zero-order valence-electron chi connectivity index (χ0n) is 9.84. The third-order valence-corrected chi connectivity index (χ3v) is 3.89. The molecular weight excluding hydrogens is 288 g/mol. The highest BCUT2D eigenvalue weighted by Gasteiger charge is 2.11. The average Bonchev–Trinajstić information content (AvgIpc) is 2.77. The fourth-order valence-electron chi connectivity index (χ4n) is 1.59. The van der Waals surface area contributed by atoms with Crippen molar-refractivity contribution in [1.82, 2.24) is 0 Å². The van der Waals surface area contributed by atoms with E-state index in [2.05, 4.69) is 0 Å². The number of furan rings is 1. The van der Waals surface area contributed by atoms with E-state index in [4.69, 9.17) is 21.1 Å². The summed E-state index contributed by atoms with van der Waals surface area (Å²) in [5.41, 5.74) is 0.871. The second kappa shape index (κ2) is 6.04. The Morgan fingerprint density at radius 3 is 2.68 bits per heavy atom. The van der Waals surface area contributed by atoms with Crippen molar-refractivity contribution in [2.75, 3.05) is 0 Å². The van der Waals surface area contributed by atoms with Gasteiger partial charge >= 0.3 is 5.97 Å². The summed E-state index contributed by atoms with van der Waals surface area (Å²) in [4.78, 5) is 10.6. The van der Waals surface area contributed by atoms with E-state index in [0.29, 0.717) is 16.5 Å². The molecule has 1 atom stereocenters. The van der Waals surface area contributed by atoms with Gasteiger partial charge in [0.2, 0.25) is 5.76 Å². The Hall–Kier alpha value is -1.59. The summed E-state index contributed by atoms with van der Waals surface area (Å²) < 4.78 is 17.0. The maximum atomic E-state index is 11.9. The van der Waals surface area contributed by atoms with Crippen LogP contribution < -0.4 is 0 Å². The van der Waals surface area contributed by atoms with Crippen molar-refractivity contribution in [3.8, 4) is 0 Å². The molecule has 1 aromatic carbocycles. The zero-order valence-corrected chi connectivity index (χ0v) is 11.4. The van der Waals surface area contributed by atoms with Crippen molar-refractivity contribution in [3.05, 3.63) is 58.5 Å². The summed E-state index contributed by atoms with van der Waals surface area (Å²) in [6.07, 6.45) is 0. The molecule has 2 aromatic rings. The Balaban J connectivity index is 1.99. The molecule has 0 aliphatic carbocycles. The second-order valence-electron chi connectivity index (χ2n) is 3.93. The van der Waals surface area contributed by atoms with Crippen molar-refractivity contribution >= 4 is 28.4 Å². The third kappa shape index (κ3) is 3.94. The summed E-state index contributed by atoms with van der Waals surface area (Å²) in [6, 6.07) is 10.0. The number of hydrogen-bond donors (Lipinski definition) is 1. The molecule has 0 aliphatic rings. The fourth-order valence-corrected chi connectivity index (χ4v) is 2.93. The van der Waals surface area contributed by atoms with Gasteiger partial charge in [0.05, 0.1) is 5.75 Å². The van der Waals surface area contributed by atoms with E-state index in [1.165, 1.54) is 12.1 Å². The molecule has 2 rings (SSSR count). The fraction of sp³-hybridized carbons (Fsp3) is 0.154. The highest BCUT2D eigenvalue weighted by molar-refractivity contribution is 7.83. The standard InChI is InChI=1S/C13H11ClO4S/c14-10-3-1-2-9(6-10)7-19(17)8-11-4-5-12(18-11)13(15)16/h1-6H,7-8H2,(H,15,16). The number of hydrogen-bond acceptors (Lipinski definition) is 3. The van der Waals surface area contributed by atoms with Gasteiger partial charge in [-0.25, -0.2) is 4.79 Å². The van der Waals surface area contributed by atoms with Crippen molar-refractivity contribution in [2.45, 2.75) is 11.5 Å². The highest BCUT2D eigenvalue weighted by atomic mass is 35.5. The van der Waals surface area contributed by atoms with Gasteiger partial charge in [-0.05, 0) is 29.8 Å². The first-order valence-corrected chi connectivity index (χ1v) is 7.32. The molecule has 1 unspecified atom stereocenters. The Bertz CT molecular complexity index is 621. The van der Waals surface area contributed by atoms with Gasteiger partial charge < -0.3 is 9.52 Å². The summed E-state index contributed by atoms with van der Waals surface area (Å²) >= 11 is 5.84. The summed E-state index contributed by atoms with van der Waals surface area (Å²) in [6.45, 7) is 0. The highest BCUT2D eigenvalue weighted by Crippen LogP contribution is 2.15. The van der Waals surface area contributed by atoms with Crippen molar-refractivity contribution in [2.24, 2.45) is 0 Å². The molecule has 0 bridgehead atoms. The van der Waals surface area contributed by atoms with Crippen LogP contribution in [0.15, 0.2) is 40.8 Å². The predicted molar refractivity (Wildman–Crippen MR) is 72.7 cm³/mol. The molecule has 1 N–H and O–H groups in total. The van der Waals surface area contributed by atoms with Gasteiger partial charge in [0.1, 0.15) is 5.76 Å². The molecule has 0 spiro atoms. The quantitative estimate of drug-likeness (QED) is 0.921. The summed E-state index contributed by atoms with van der Waals surface area (Å²) in [5, 5.41) is 9.31. The Morgan fingerprint density at radius 1 is 1.26 bits per heavy atom. The monoisotopic (exact) mass is 298 g/mol. The first kappa shape index (κ1) is 13.8. The molecular formula is C13H11ClO4S. The van der Waals surface area contributed by atoms with E-state index >= 15 is 0 Å². The second-order valence-corrected chi connectivity index (χ2v) is 5.82. The van der Waals surface area contributed by atoms with Crippen LogP contribution in [0.1, 0.15) is 21.9 Å². The maximum absolute atomic E-state index is 11.9. The lowest BCUT2D eigenvalue weighted by Crippen LogP contribution is -1.99. The van der Waals surface area contributed by atoms with Crippen LogP contribution in [0.4, 0.5) is 0 Å². The van der Waals surface area contributed by atoms with Gasteiger partial charge in [0.25, 0.3) is 0 Å². The molecule has 1 heterocycles. The number of carboxylic acid groups (broad SMARTS) is 1. The van der Waals surface area contributed by atoms with Crippen molar-refractivity contribution < 1.29 is 18.5 Å². The summed E-state index contributed by atoms with van der Waals surface area (Å²) in [7, 11) is -1.18. The minimum Gasteiger partial charge on any atom is -0.475 e. The molecule has 0 aliphatic heterocycles. The van der Waals surface area contributed by atoms with E-state index < -0.39 is 16.8 Å². The number of benzene rings is 1. The van der Waals surface area contributed by atoms with Gasteiger partial charge in [-0.15, -0.1) is 0 Å². The molecule has 0 saturated carbocycles. The van der Waals surface area contributed by atoms with E-state index in [1.807, 2.05) is 6.07 Å². The van der Waals surface area contributed by atoms with Crippen molar-refractivity contribution in [1.29, 1.82) is 0 Å². The lowest BCUT2D eigenvalue weighted by atomic mass is 10.2. The Labute approximate surface area is 117 Å². The number of halogens is 1. The topological polar surface area (TPSA) is 67.5 Å². The van der Waals surface area contributed by atoms with Crippen LogP contribution in [0.3, 0.4) is 0 Å². The minimum absolute atomic E-state index is 0.144. The Morgan fingerprint density at radius 2 is 2.05 bits per heavy atom. The molecule has 0 saturated heterocycles. The lowest BCUT2D eigenvalue weighted by Gasteiger charge is -2.01. The van der Waals surface area contributed by atoms with Gasteiger partial charge in [0.15, 0.2) is 0 Å². The number of rotatable bonds is 5. The number of carboxylic acids is 1. The van der Waals surface area contributed by atoms with Crippen LogP contribution in [-0.2, 0) is 22.3 Å². The average molecular weight is 299 g/mol. The largest absolute Gasteiger partial charge is 0.475 e. The molecule has 0 fully saturated rings. The van der Waals surface area contributed by atoms with Crippen LogP contribution in [0.2, 0.25) is 5.02 Å². The van der Waals surface area contributed by atoms with Crippen LogP contribution in [0, 0.1) is 0 Å². The zero-order chi connectivity index (χ0) is 13.8. The molecule has 1 aromatic heterocycles. The molecule has 0 radical (unpaired) electrons.